The molecule has 0 radical (unpaired) electrons. The molecular formula is C27H25N5O6. The van der Waals surface area contributed by atoms with Crippen LogP contribution in [-0.4, -0.2) is 39.9 Å². The Labute approximate surface area is 217 Å². The Balaban J connectivity index is 1.88. The predicted octanol–water partition coefficient (Wildman–Crippen LogP) is 4.08. The molecule has 11 nitrogen and oxygen atoms in total. The van der Waals surface area contributed by atoms with Crippen LogP contribution in [0.4, 0.5) is 17.1 Å². The van der Waals surface area contributed by atoms with Crippen LogP contribution in [-0.2, 0) is 18.9 Å². The molecule has 11 heteroatoms. The number of nitro benzene ring substituents is 1. The first-order valence-electron chi connectivity index (χ1n) is 11.4. The summed E-state index contributed by atoms with van der Waals surface area (Å²) in [6.45, 7) is 0. The molecule has 0 unspecified atom stereocenters. The van der Waals surface area contributed by atoms with Gasteiger partial charge in [0.1, 0.15) is 17.2 Å². The van der Waals surface area contributed by atoms with Gasteiger partial charge in [-0.1, -0.05) is 0 Å². The number of amides is 1. The van der Waals surface area contributed by atoms with Crippen LogP contribution in [0.5, 0.6) is 11.5 Å². The Hall–Kier alpha value is -5.19. The van der Waals surface area contributed by atoms with Gasteiger partial charge in [0.05, 0.1) is 30.5 Å². The molecule has 0 bridgehead atoms. The van der Waals surface area contributed by atoms with E-state index in [0.29, 0.717) is 34.1 Å². The average molecular weight is 516 g/mol. The zero-order valence-electron chi connectivity index (χ0n) is 21.2. The molecule has 0 atom stereocenters. The van der Waals surface area contributed by atoms with Crippen molar-refractivity contribution in [3.63, 3.8) is 0 Å². The van der Waals surface area contributed by atoms with Crippen molar-refractivity contribution in [1.82, 2.24) is 9.13 Å². The van der Waals surface area contributed by atoms with Gasteiger partial charge in [0.15, 0.2) is 5.71 Å². The molecule has 1 amide bonds. The lowest BCUT2D eigenvalue weighted by molar-refractivity contribution is -0.384. The number of aromatic nitrogens is 2. The number of hydrogen-bond donors (Lipinski definition) is 1. The van der Waals surface area contributed by atoms with Crippen LogP contribution in [0.25, 0.3) is 11.3 Å². The number of ether oxygens (including phenoxy) is 2. The molecule has 1 aromatic heterocycles. The fourth-order valence-corrected chi connectivity index (χ4v) is 3.94. The molecule has 0 aliphatic heterocycles. The Morgan fingerprint density at radius 2 is 1.42 bits per heavy atom. The van der Waals surface area contributed by atoms with E-state index in [-0.39, 0.29) is 17.1 Å². The van der Waals surface area contributed by atoms with E-state index < -0.39 is 16.5 Å². The summed E-state index contributed by atoms with van der Waals surface area (Å²) in [4.78, 5) is 42.0. The van der Waals surface area contributed by atoms with E-state index in [1.807, 2.05) is 0 Å². The van der Waals surface area contributed by atoms with E-state index >= 15 is 0 Å². The van der Waals surface area contributed by atoms with Gasteiger partial charge in [-0.2, -0.15) is 0 Å². The van der Waals surface area contributed by atoms with Gasteiger partial charge < -0.3 is 14.8 Å². The second-order valence-electron chi connectivity index (χ2n) is 8.24. The van der Waals surface area contributed by atoms with Crippen LogP contribution in [0, 0.1) is 10.1 Å². The maximum Gasteiger partial charge on any atom is 0.328 e. The molecule has 0 saturated heterocycles. The van der Waals surface area contributed by atoms with Gasteiger partial charge in [0, 0.05) is 37.5 Å². The summed E-state index contributed by atoms with van der Waals surface area (Å²) in [5.41, 5.74) is 1.56. The summed E-state index contributed by atoms with van der Waals surface area (Å²) in [5.74, 6) is 0.684. The number of methoxy groups -OCH3 is 2. The highest BCUT2D eigenvalue weighted by molar-refractivity contribution is 6.49. The molecule has 0 saturated carbocycles. The highest BCUT2D eigenvalue weighted by Gasteiger charge is 2.27. The monoisotopic (exact) mass is 515 g/mol. The smallest absolute Gasteiger partial charge is 0.328 e. The highest BCUT2D eigenvalue weighted by Crippen LogP contribution is 2.28. The normalized spacial score (nSPS) is 11.2. The van der Waals surface area contributed by atoms with E-state index in [9.17, 15) is 19.7 Å². The lowest BCUT2D eigenvalue weighted by Crippen LogP contribution is -2.28. The van der Waals surface area contributed by atoms with Gasteiger partial charge in [-0.15, -0.1) is 0 Å². The van der Waals surface area contributed by atoms with E-state index in [1.54, 1.807) is 69.8 Å². The topological polar surface area (TPSA) is 130 Å². The van der Waals surface area contributed by atoms with Crippen molar-refractivity contribution >= 4 is 28.7 Å². The standard InChI is InChI=1S/C27H25N5O6/c1-30-24(17-5-11-20(12-6-17)32(35)36)25(31(2)27(30)34)23(28-18-7-13-21(37-3)14-8-18)26(33)29-19-9-15-22(38-4)16-10-19/h5-16H,1-4H3,(H,29,33). The first kappa shape index (κ1) is 25.9. The Bertz CT molecular complexity index is 1570. The van der Waals surface area contributed by atoms with Gasteiger partial charge in [0.25, 0.3) is 11.6 Å². The maximum absolute atomic E-state index is 13.7. The second kappa shape index (κ2) is 10.8. The van der Waals surface area contributed by atoms with Gasteiger partial charge in [-0.05, 0) is 60.7 Å². The maximum atomic E-state index is 13.7. The number of benzene rings is 3. The predicted molar refractivity (Wildman–Crippen MR) is 144 cm³/mol. The molecule has 0 aliphatic rings. The van der Waals surface area contributed by atoms with Crippen molar-refractivity contribution in [2.75, 3.05) is 19.5 Å². The molecule has 38 heavy (non-hydrogen) atoms. The largest absolute Gasteiger partial charge is 0.497 e. The molecular weight excluding hydrogens is 490 g/mol. The highest BCUT2D eigenvalue weighted by atomic mass is 16.6. The van der Waals surface area contributed by atoms with Gasteiger partial charge in [-0.25, -0.2) is 9.79 Å². The van der Waals surface area contributed by atoms with Crippen molar-refractivity contribution in [2.45, 2.75) is 0 Å². The molecule has 3 aromatic carbocycles. The van der Waals surface area contributed by atoms with Crippen molar-refractivity contribution < 1.29 is 19.2 Å². The zero-order valence-corrected chi connectivity index (χ0v) is 21.2. The number of hydrogen-bond acceptors (Lipinski definition) is 7. The summed E-state index contributed by atoms with van der Waals surface area (Å²) in [7, 11) is 6.19. The molecule has 4 aromatic rings. The minimum Gasteiger partial charge on any atom is -0.497 e. The summed E-state index contributed by atoms with van der Waals surface area (Å²) in [6, 6.07) is 19.3. The Morgan fingerprint density at radius 1 is 0.868 bits per heavy atom. The third-order valence-electron chi connectivity index (χ3n) is 5.92. The number of non-ortho nitro benzene ring substituents is 1. The number of rotatable bonds is 8. The molecule has 0 fully saturated rings. The van der Waals surface area contributed by atoms with Gasteiger partial charge >= 0.3 is 5.69 Å². The fraction of sp³-hybridized carbons (Fsp3) is 0.148. The third-order valence-corrected chi connectivity index (χ3v) is 5.92. The van der Waals surface area contributed by atoms with Crippen molar-refractivity contribution in [1.29, 1.82) is 0 Å². The summed E-state index contributed by atoms with van der Waals surface area (Å²) in [6.07, 6.45) is 0. The number of nitrogens with one attached hydrogen (secondary N) is 1. The number of carbonyl (C=O) groups is 1. The fourth-order valence-electron chi connectivity index (χ4n) is 3.94. The average Bonchev–Trinajstić information content (AvgIpc) is 3.16. The molecule has 0 spiro atoms. The third kappa shape index (κ3) is 5.16. The minimum atomic E-state index is -0.560. The van der Waals surface area contributed by atoms with Crippen LogP contribution in [0.1, 0.15) is 5.69 Å². The van der Waals surface area contributed by atoms with E-state index in [4.69, 9.17) is 9.47 Å². The number of nitrogens with zero attached hydrogens (tertiary/aromatic N) is 4. The Morgan fingerprint density at radius 3 is 1.95 bits per heavy atom. The minimum absolute atomic E-state index is 0.0282. The molecule has 1 heterocycles. The van der Waals surface area contributed by atoms with Crippen LogP contribution >= 0.6 is 0 Å². The molecule has 1 N–H and O–H groups in total. The second-order valence-corrected chi connectivity index (χ2v) is 8.24. The number of imidazole rings is 1. The van der Waals surface area contributed by atoms with Crippen LogP contribution in [0.2, 0.25) is 0 Å². The van der Waals surface area contributed by atoms with E-state index in [2.05, 4.69) is 10.3 Å². The lowest BCUT2D eigenvalue weighted by Gasteiger charge is -2.13. The number of anilines is 1. The van der Waals surface area contributed by atoms with Gasteiger partial charge in [0.2, 0.25) is 0 Å². The quantitative estimate of drug-likeness (QED) is 0.214. The lowest BCUT2D eigenvalue weighted by atomic mass is 10.1. The molecule has 4 rings (SSSR count). The molecule has 194 valence electrons. The Kier molecular flexibility index (Phi) is 7.38. The van der Waals surface area contributed by atoms with Gasteiger partial charge in [-0.3, -0.25) is 24.0 Å². The number of nitro groups is 1. The van der Waals surface area contributed by atoms with Crippen molar-refractivity contribution in [2.24, 2.45) is 19.1 Å². The molecule has 0 aliphatic carbocycles. The number of carbonyl (C=O) groups excluding carboxylic acids is 1. The zero-order chi connectivity index (χ0) is 27.4. The summed E-state index contributed by atoms with van der Waals surface area (Å²) in [5, 5.41) is 14.0. The SMILES string of the molecule is COc1ccc(N=C(C(=O)Nc2ccc(OC)cc2)c2c(-c3ccc([N+](=O)[O-])cc3)n(C)c(=O)n2C)cc1. The first-order valence-corrected chi connectivity index (χ1v) is 11.4. The summed E-state index contributed by atoms with van der Waals surface area (Å²) >= 11 is 0. The van der Waals surface area contributed by atoms with Crippen LogP contribution in [0.3, 0.4) is 0 Å². The van der Waals surface area contributed by atoms with Crippen LogP contribution in [0.15, 0.2) is 82.6 Å². The van der Waals surface area contributed by atoms with Crippen LogP contribution < -0.4 is 20.5 Å². The van der Waals surface area contributed by atoms with Crippen molar-refractivity contribution in [3.8, 4) is 22.8 Å². The van der Waals surface area contributed by atoms with E-state index in [1.165, 1.54) is 40.4 Å². The number of aliphatic imine (C=N–C) groups is 1. The van der Waals surface area contributed by atoms with E-state index in [0.717, 1.165) is 0 Å². The first-order chi connectivity index (χ1) is 18.2. The van der Waals surface area contributed by atoms with Crippen molar-refractivity contribution in [3.05, 3.63) is 99.1 Å². The summed E-state index contributed by atoms with van der Waals surface area (Å²) < 4.78 is 13.1.